The molecule has 1 aromatic heterocycles. The molecule has 0 aliphatic rings. The topological polar surface area (TPSA) is 52.2 Å². The number of aromatic nitrogens is 1. The normalized spacial score (nSPS) is 12.0. The third kappa shape index (κ3) is 1.77. The Morgan fingerprint density at radius 1 is 1.53 bits per heavy atom. The summed E-state index contributed by atoms with van der Waals surface area (Å²) in [5, 5.41) is 0.683. The molecule has 0 radical (unpaired) electrons. The molecule has 1 aromatic carbocycles. The van der Waals surface area contributed by atoms with Crippen LogP contribution in [0.2, 0.25) is 0 Å². The number of fused-ring (bicyclic) bond motifs is 1. The van der Waals surface area contributed by atoms with Crippen molar-refractivity contribution in [1.29, 1.82) is 0 Å². The summed E-state index contributed by atoms with van der Waals surface area (Å²) in [5.41, 5.74) is 2.06. The van der Waals surface area contributed by atoms with Crippen molar-refractivity contribution in [3.05, 3.63) is 34.3 Å². The molecule has 2 rings (SSSR count). The standard InChI is InChI=1S/C9H8BrNO3P/c1-15(13)11-7-4-6(5-10)2-3-8(7)14-9(11)12/h2-4H,5H2,1H3/q+1. The van der Waals surface area contributed by atoms with Gasteiger partial charge in [-0.3, -0.25) is 0 Å². The quantitative estimate of drug-likeness (QED) is 0.631. The lowest BCUT2D eigenvalue weighted by atomic mass is 10.2. The number of nitrogens with zero attached hydrogens (tertiary/aromatic N) is 1. The predicted octanol–water partition coefficient (Wildman–Crippen LogP) is 2.71. The van der Waals surface area contributed by atoms with Gasteiger partial charge in [0.05, 0.1) is 0 Å². The number of benzene rings is 1. The van der Waals surface area contributed by atoms with E-state index in [0.717, 1.165) is 5.56 Å². The van der Waals surface area contributed by atoms with E-state index in [1.165, 1.54) is 11.0 Å². The fourth-order valence-corrected chi connectivity index (χ4v) is 2.48. The maximum Gasteiger partial charge on any atom is 0.469 e. The largest absolute Gasteiger partial charge is 0.469 e. The average Bonchev–Trinajstić information content (AvgIpc) is 2.52. The first-order valence-corrected chi connectivity index (χ1v) is 7.03. The molecule has 0 N–H and O–H groups in total. The molecular weight excluding hydrogens is 281 g/mol. The van der Waals surface area contributed by atoms with E-state index in [4.69, 9.17) is 4.42 Å². The molecule has 1 heterocycles. The van der Waals surface area contributed by atoms with Crippen LogP contribution in [0.4, 0.5) is 0 Å². The number of hydrogen-bond donors (Lipinski definition) is 0. The summed E-state index contributed by atoms with van der Waals surface area (Å²) in [6.45, 7) is 1.48. The van der Waals surface area contributed by atoms with Crippen LogP contribution in [0.15, 0.2) is 27.4 Å². The van der Waals surface area contributed by atoms with Gasteiger partial charge in [-0.15, -0.1) is 0 Å². The number of rotatable bonds is 2. The summed E-state index contributed by atoms with van der Waals surface area (Å²) in [6.07, 6.45) is 0. The van der Waals surface area contributed by atoms with Crippen molar-refractivity contribution < 1.29 is 8.98 Å². The van der Waals surface area contributed by atoms with E-state index in [0.29, 0.717) is 16.4 Å². The van der Waals surface area contributed by atoms with E-state index in [1.807, 2.05) is 6.07 Å². The Kier molecular flexibility index (Phi) is 2.76. The van der Waals surface area contributed by atoms with Gasteiger partial charge in [0, 0.05) is 5.33 Å². The lowest BCUT2D eigenvalue weighted by Crippen LogP contribution is -2.06. The zero-order valence-corrected chi connectivity index (χ0v) is 10.4. The van der Waals surface area contributed by atoms with Crippen LogP contribution >= 0.6 is 23.9 Å². The van der Waals surface area contributed by atoms with Crippen LogP contribution in [-0.4, -0.2) is 11.0 Å². The Hall–Kier alpha value is -0.930. The van der Waals surface area contributed by atoms with E-state index < -0.39 is 13.7 Å². The van der Waals surface area contributed by atoms with Crippen LogP contribution < -0.4 is 5.76 Å². The Morgan fingerprint density at radius 2 is 2.27 bits per heavy atom. The fraction of sp³-hybridized carbons (Fsp3) is 0.222. The highest BCUT2D eigenvalue weighted by Gasteiger charge is 2.21. The first-order chi connectivity index (χ1) is 7.13. The molecule has 0 spiro atoms. The summed E-state index contributed by atoms with van der Waals surface area (Å²) in [6, 6.07) is 5.36. The molecule has 0 aliphatic carbocycles. The number of halogens is 1. The molecule has 0 saturated carbocycles. The fourth-order valence-electron chi connectivity index (χ4n) is 1.40. The molecule has 0 fully saturated rings. The van der Waals surface area contributed by atoms with E-state index in [2.05, 4.69) is 15.9 Å². The highest BCUT2D eigenvalue weighted by molar-refractivity contribution is 9.08. The third-order valence-corrected chi connectivity index (χ3v) is 3.65. The molecule has 0 bridgehead atoms. The number of alkyl halides is 1. The zero-order valence-electron chi connectivity index (χ0n) is 7.94. The molecule has 1 unspecified atom stereocenters. The van der Waals surface area contributed by atoms with Crippen molar-refractivity contribution >= 4 is 35.0 Å². The molecular formula is C9H8BrNO3P+. The summed E-state index contributed by atoms with van der Waals surface area (Å²) < 4.78 is 17.5. The van der Waals surface area contributed by atoms with Gasteiger partial charge >= 0.3 is 13.7 Å². The van der Waals surface area contributed by atoms with Crippen molar-refractivity contribution in [2.75, 3.05) is 6.66 Å². The van der Waals surface area contributed by atoms with Crippen LogP contribution in [-0.2, 0) is 9.90 Å². The van der Waals surface area contributed by atoms with E-state index in [9.17, 15) is 9.36 Å². The molecule has 1 atom stereocenters. The van der Waals surface area contributed by atoms with Crippen LogP contribution in [0.3, 0.4) is 0 Å². The first kappa shape index (κ1) is 10.6. The van der Waals surface area contributed by atoms with Gasteiger partial charge in [-0.2, -0.15) is 0 Å². The lowest BCUT2D eigenvalue weighted by Gasteiger charge is -1.93. The van der Waals surface area contributed by atoms with Gasteiger partial charge in [0.1, 0.15) is 5.52 Å². The van der Waals surface area contributed by atoms with Gasteiger partial charge in [0.25, 0.3) is 0 Å². The monoisotopic (exact) mass is 288 g/mol. The van der Waals surface area contributed by atoms with Crippen molar-refractivity contribution in [3.8, 4) is 0 Å². The summed E-state index contributed by atoms with van der Waals surface area (Å²) in [5.74, 6) is -0.569. The predicted molar refractivity (Wildman–Crippen MR) is 62.0 cm³/mol. The summed E-state index contributed by atoms with van der Waals surface area (Å²) in [7, 11) is -1.75. The Morgan fingerprint density at radius 3 is 2.87 bits per heavy atom. The van der Waals surface area contributed by atoms with E-state index >= 15 is 0 Å². The lowest BCUT2D eigenvalue weighted by molar-refractivity contribution is 0.539. The molecule has 0 amide bonds. The molecule has 15 heavy (non-hydrogen) atoms. The molecule has 0 aliphatic heterocycles. The van der Waals surface area contributed by atoms with Gasteiger partial charge in [-0.05, 0) is 22.3 Å². The maximum atomic E-state index is 11.4. The van der Waals surface area contributed by atoms with Crippen molar-refractivity contribution in [3.63, 3.8) is 0 Å². The van der Waals surface area contributed by atoms with Gasteiger partial charge in [-0.25, -0.2) is 4.79 Å². The van der Waals surface area contributed by atoms with Gasteiger partial charge in [0.2, 0.25) is 0 Å². The highest BCUT2D eigenvalue weighted by atomic mass is 79.9. The first-order valence-electron chi connectivity index (χ1n) is 4.25. The molecule has 2 aromatic rings. The highest BCUT2D eigenvalue weighted by Crippen LogP contribution is 2.25. The average molecular weight is 289 g/mol. The minimum atomic E-state index is -1.75. The number of hydrogen-bond acceptors (Lipinski definition) is 3. The minimum Gasteiger partial charge on any atom is -0.405 e. The second kappa shape index (κ2) is 3.91. The van der Waals surface area contributed by atoms with Gasteiger partial charge < -0.3 is 4.42 Å². The molecule has 4 nitrogen and oxygen atoms in total. The summed E-state index contributed by atoms with van der Waals surface area (Å²) >= 11 is 3.32. The van der Waals surface area contributed by atoms with Gasteiger partial charge in [0.15, 0.2) is 12.2 Å². The Bertz CT molecular complexity index is 587. The van der Waals surface area contributed by atoms with Crippen LogP contribution in [0.25, 0.3) is 11.1 Å². The van der Waals surface area contributed by atoms with Crippen molar-refractivity contribution in [2.45, 2.75) is 5.33 Å². The van der Waals surface area contributed by atoms with Crippen LogP contribution in [0.5, 0.6) is 0 Å². The summed E-state index contributed by atoms with van der Waals surface area (Å²) in [4.78, 5) is 11.4. The second-order valence-electron chi connectivity index (χ2n) is 3.08. The van der Waals surface area contributed by atoms with Crippen LogP contribution in [0.1, 0.15) is 5.56 Å². The Balaban J connectivity index is 2.83. The number of oxazole rings is 1. The maximum absolute atomic E-state index is 11.4. The molecule has 78 valence electrons. The second-order valence-corrected chi connectivity index (χ2v) is 4.97. The zero-order chi connectivity index (χ0) is 11.0. The third-order valence-electron chi connectivity index (χ3n) is 2.06. The van der Waals surface area contributed by atoms with Gasteiger partial charge in [-0.1, -0.05) is 26.3 Å². The molecule has 6 heteroatoms. The Labute approximate surface area is 94.9 Å². The SMILES string of the molecule is C[P+](=O)n1c(=O)oc2ccc(CBr)cc21. The minimum absolute atomic E-state index is 0.468. The van der Waals surface area contributed by atoms with Crippen molar-refractivity contribution in [1.82, 2.24) is 4.34 Å². The van der Waals surface area contributed by atoms with E-state index in [-0.39, 0.29) is 0 Å². The smallest absolute Gasteiger partial charge is 0.405 e. The van der Waals surface area contributed by atoms with E-state index in [1.54, 1.807) is 12.1 Å². The van der Waals surface area contributed by atoms with Crippen LogP contribution in [0, 0.1) is 0 Å². The van der Waals surface area contributed by atoms with Crippen molar-refractivity contribution in [2.24, 2.45) is 0 Å². The molecule has 0 saturated heterocycles.